The summed E-state index contributed by atoms with van der Waals surface area (Å²) in [6.07, 6.45) is 1.00. The van der Waals surface area contributed by atoms with Crippen molar-refractivity contribution in [3.8, 4) is 0 Å². The van der Waals surface area contributed by atoms with Gasteiger partial charge in [-0.2, -0.15) is 0 Å². The number of ether oxygens (including phenoxy) is 1. The normalized spacial score (nSPS) is 25.9. The zero-order valence-electron chi connectivity index (χ0n) is 8.32. The van der Waals surface area contributed by atoms with E-state index >= 15 is 0 Å². The lowest BCUT2D eigenvalue weighted by Gasteiger charge is -2.36. The summed E-state index contributed by atoms with van der Waals surface area (Å²) in [5, 5.41) is 0. The van der Waals surface area contributed by atoms with Gasteiger partial charge in [-0.1, -0.05) is 18.2 Å². The van der Waals surface area contributed by atoms with Gasteiger partial charge in [0.15, 0.2) is 0 Å². The molecule has 0 aliphatic carbocycles. The van der Waals surface area contributed by atoms with Crippen LogP contribution in [0.1, 0.15) is 12.0 Å². The summed E-state index contributed by atoms with van der Waals surface area (Å²) in [7, 11) is 1.75. The molecule has 1 aromatic carbocycles. The van der Waals surface area contributed by atoms with E-state index in [-0.39, 0.29) is 5.60 Å². The fraction of sp³-hybridized carbons (Fsp3) is 0.455. The Morgan fingerprint density at radius 1 is 1.50 bits per heavy atom. The Bertz CT molecular complexity index is 323. The zero-order valence-corrected chi connectivity index (χ0v) is 9.14. The molecule has 76 valence electrons. The average molecular weight is 209 g/mol. The van der Waals surface area contributed by atoms with Crippen molar-refractivity contribution in [1.82, 2.24) is 0 Å². The molecule has 0 aromatic heterocycles. The van der Waals surface area contributed by atoms with Gasteiger partial charge in [0.2, 0.25) is 0 Å². The quantitative estimate of drug-likeness (QED) is 0.809. The maximum Gasteiger partial charge on any atom is 0.107 e. The molecule has 0 spiro atoms. The van der Waals surface area contributed by atoms with Crippen molar-refractivity contribution in [2.75, 3.05) is 19.4 Å². The largest absolute Gasteiger partial charge is 0.372 e. The van der Waals surface area contributed by atoms with Gasteiger partial charge in [0, 0.05) is 24.3 Å². The van der Waals surface area contributed by atoms with Gasteiger partial charge in [-0.3, -0.25) is 0 Å². The zero-order chi connectivity index (χ0) is 10.0. The minimum absolute atomic E-state index is 0.248. The Balaban J connectivity index is 2.48. The van der Waals surface area contributed by atoms with Crippen LogP contribution in [-0.2, 0) is 10.3 Å². The molecule has 0 saturated heterocycles. The first-order valence-electron chi connectivity index (χ1n) is 4.80. The van der Waals surface area contributed by atoms with Gasteiger partial charge in [0.25, 0.3) is 0 Å². The van der Waals surface area contributed by atoms with Crippen LogP contribution in [0.3, 0.4) is 0 Å². The molecule has 2 N–H and O–H groups in total. The van der Waals surface area contributed by atoms with Crippen molar-refractivity contribution in [1.29, 1.82) is 0 Å². The van der Waals surface area contributed by atoms with Gasteiger partial charge in [-0.25, -0.2) is 0 Å². The molecule has 0 radical (unpaired) electrons. The molecule has 1 atom stereocenters. The molecule has 1 aromatic rings. The summed E-state index contributed by atoms with van der Waals surface area (Å²) >= 11 is 1.89. The summed E-state index contributed by atoms with van der Waals surface area (Å²) in [6, 6.07) is 8.38. The van der Waals surface area contributed by atoms with E-state index in [1.165, 1.54) is 10.5 Å². The highest BCUT2D eigenvalue weighted by atomic mass is 32.2. The summed E-state index contributed by atoms with van der Waals surface area (Å²) in [6.45, 7) is 0.557. The maximum absolute atomic E-state index is 5.83. The minimum Gasteiger partial charge on any atom is -0.372 e. The molecule has 0 amide bonds. The first-order valence-corrected chi connectivity index (χ1v) is 5.78. The Hall–Kier alpha value is -0.510. The van der Waals surface area contributed by atoms with Gasteiger partial charge >= 0.3 is 0 Å². The lowest BCUT2D eigenvalue weighted by atomic mass is 9.90. The highest BCUT2D eigenvalue weighted by Gasteiger charge is 2.35. The molecule has 2 nitrogen and oxygen atoms in total. The molecule has 1 aliphatic heterocycles. The molecular formula is C11H15NOS. The number of benzene rings is 1. The lowest BCUT2D eigenvalue weighted by molar-refractivity contribution is -0.0129. The van der Waals surface area contributed by atoms with Gasteiger partial charge in [-0.15, -0.1) is 11.8 Å². The van der Waals surface area contributed by atoms with Gasteiger partial charge < -0.3 is 10.5 Å². The van der Waals surface area contributed by atoms with Crippen LogP contribution in [0.15, 0.2) is 29.2 Å². The van der Waals surface area contributed by atoms with Crippen LogP contribution in [0.25, 0.3) is 0 Å². The number of hydrogen-bond donors (Lipinski definition) is 1. The predicted molar refractivity (Wildman–Crippen MR) is 59.5 cm³/mol. The minimum atomic E-state index is -0.248. The fourth-order valence-electron chi connectivity index (χ4n) is 1.94. The molecule has 0 fully saturated rings. The molecule has 1 heterocycles. The Kier molecular flexibility index (Phi) is 2.81. The Labute approximate surface area is 88.8 Å². The van der Waals surface area contributed by atoms with Crippen LogP contribution < -0.4 is 5.73 Å². The molecule has 0 bridgehead atoms. The van der Waals surface area contributed by atoms with E-state index < -0.39 is 0 Å². The highest BCUT2D eigenvalue weighted by Crippen LogP contribution is 2.41. The van der Waals surface area contributed by atoms with E-state index in [9.17, 15) is 0 Å². The second-order valence-corrected chi connectivity index (χ2v) is 4.63. The molecule has 2 rings (SSSR count). The van der Waals surface area contributed by atoms with E-state index in [1.54, 1.807) is 7.11 Å². The number of rotatable bonds is 2. The van der Waals surface area contributed by atoms with Gasteiger partial charge in [0.1, 0.15) is 5.60 Å². The molecule has 1 aliphatic rings. The van der Waals surface area contributed by atoms with Crippen LogP contribution >= 0.6 is 11.8 Å². The van der Waals surface area contributed by atoms with E-state index in [0.29, 0.717) is 6.54 Å². The van der Waals surface area contributed by atoms with Crippen molar-refractivity contribution >= 4 is 11.8 Å². The summed E-state index contributed by atoms with van der Waals surface area (Å²) in [5.41, 5.74) is 6.83. The van der Waals surface area contributed by atoms with Crippen molar-refractivity contribution in [2.24, 2.45) is 5.73 Å². The summed E-state index contributed by atoms with van der Waals surface area (Å²) < 4.78 is 5.62. The highest BCUT2D eigenvalue weighted by molar-refractivity contribution is 7.99. The van der Waals surface area contributed by atoms with Crippen molar-refractivity contribution < 1.29 is 4.74 Å². The van der Waals surface area contributed by atoms with Crippen LogP contribution in [0.4, 0.5) is 0 Å². The number of methoxy groups -OCH3 is 1. The number of fused-ring (bicyclic) bond motifs is 1. The van der Waals surface area contributed by atoms with Crippen molar-refractivity contribution in [3.05, 3.63) is 29.8 Å². The number of nitrogens with two attached hydrogens (primary N) is 1. The Morgan fingerprint density at radius 3 is 3.00 bits per heavy atom. The third-order valence-corrected chi connectivity index (χ3v) is 3.94. The smallest absolute Gasteiger partial charge is 0.107 e. The molecule has 0 saturated carbocycles. The second-order valence-electron chi connectivity index (χ2n) is 3.50. The second kappa shape index (κ2) is 3.93. The van der Waals surface area contributed by atoms with E-state index in [1.807, 2.05) is 17.8 Å². The predicted octanol–water partition coefficient (Wildman–Crippen LogP) is 1.98. The fourth-order valence-corrected chi connectivity index (χ4v) is 3.17. The first-order chi connectivity index (χ1) is 6.82. The topological polar surface area (TPSA) is 35.2 Å². The number of hydrogen-bond acceptors (Lipinski definition) is 3. The average Bonchev–Trinajstić information content (AvgIpc) is 2.28. The molecule has 14 heavy (non-hydrogen) atoms. The number of thioether (sulfide) groups is 1. The SMILES string of the molecule is COC1(CN)CCSc2ccccc21. The third kappa shape index (κ3) is 1.45. The molecule has 3 heteroatoms. The molecular weight excluding hydrogens is 194 g/mol. The van der Waals surface area contributed by atoms with Crippen LogP contribution in [0.5, 0.6) is 0 Å². The van der Waals surface area contributed by atoms with Crippen LogP contribution in [0, 0.1) is 0 Å². The van der Waals surface area contributed by atoms with Crippen LogP contribution in [0.2, 0.25) is 0 Å². The summed E-state index contributed by atoms with van der Waals surface area (Å²) in [4.78, 5) is 1.31. The van der Waals surface area contributed by atoms with Gasteiger partial charge in [-0.05, 0) is 18.1 Å². The summed E-state index contributed by atoms with van der Waals surface area (Å²) in [5.74, 6) is 1.09. The van der Waals surface area contributed by atoms with Crippen LogP contribution in [-0.4, -0.2) is 19.4 Å². The lowest BCUT2D eigenvalue weighted by Crippen LogP contribution is -2.39. The third-order valence-electron chi connectivity index (χ3n) is 2.86. The first kappa shape index (κ1) is 10.0. The van der Waals surface area contributed by atoms with E-state index in [4.69, 9.17) is 10.5 Å². The van der Waals surface area contributed by atoms with E-state index in [2.05, 4.69) is 18.2 Å². The monoisotopic (exact) mass is 209 g/mol. The maximum atomic E-state index is 5.83. The van der Waals surface area contributed by atoms with Crippen molar-refractivity contribution in [3.63, 3.8) is 0 Å². The van der Waals surface area contributed by atoms with Gasteiger partial charge in [0.05, 0.1) is 0 Å². The van der Waals surface area contributed by atoms with Crippen molar-refractivity contribution in [2.45, 2.75) is 16.9 Å². The van der Waals surface area contributed by atoms with E-state index in [0.717, 1.165) is 12.2 Å². The standard InChI is InChI=1S/C11H15NOS/c1-13-11(8-12)6-7-14-10-5-3-2-4-9(10)11/h2-5H,6-8,12H2,1H3. The molecule has 1 unspecified atom stereocenters. The Morgan fingerprint density at radius 2 is 2.29 bits per heavy atom.